The molecule has 3 heteroatoms. The quantitative estimate of drug-likeness (QED) is 0.581. The Labute approximate surface area is 54.0 Å². The molecule has 1 rings (SSSR count). The summed E-state index contributed by atoms with van der Waals surface area (Å²) in [5.74, 6) is 0.760. The number of hydrogen-bond acceptors (Lipinski definition) is 1. The minimum Gasteiger partial charge on any atom is -0.337 e. The normalized spacial score (nSPS) is 9.62. The van der Waals surface area contributed by atoms with Crippen molar-refractivity contribution in [1.82, 2.24) is 9.55 Å². The Hall–Kier alpha value is -0.440. The summed E-state index contributed by atoms with van der Waals surface area (Å²) >= 11 is 4.75. The second kappa shape index (κ2) is 2.77. The summed E-state index contributed by atoms with van der Waals surface area (Å²) in [5, 5.41) is 0. The zero-order chi connectivity index (χ0) is 5.82. The van der Waals surface area contributed by atoms with Gasteiger partial charge in [-0.1, -0.05) is 12.6 Å². The standard InChI is InChI=1S/C5H7N2S/c8-4-3-7-2-1-6-5-7/h1-2,5H,3-4H2. The van der Waals surface area contributed by atoms with Gasteiger partial charge in [0.15, 0.2) is 0 Å². The minimum absolute atomic E-state index is 0.760. The summed E-state index contributed by atoms with van der Waals surface area (Å²) in [6.45, 7) is 0.898. The lowest BCUT2D eigenvalue weighted by Crippen LogP contribution is -1.93. The van der Waals surface area contributed by atoms with Gasteiger partial charge in [0.05, 0.1) is 6.33 Å². The molecule has 0 spiro atoms. The van der Waals surface area contributed by atoms with E-state index in [-0.39, 0.29) is 0 Å². The largest absolute Gasteiger partial charge is 0.337 e. The van der Waals surface area contributed by atoms with Crippen LogP contribution in [-0.2, 0) is 6.54 Å². The molecule has 1 aromatic heterocycles. The van der Waals surface area contributed by atoms with E-state index in [1.54, 1.807) is 12.5 Å². The molecule has 1 aromatic rings. The van der Waals surface area contributed by atoms with E-state index in [9.17, 15) is 0 Å². The fraction of sp³-hybridized carbons (Fsp3) is 0.400. The molecule has 0 unspecified atom stereocenters. The number of imidazole rings is 1. The van der Waals surface area contributed by atoms with Crippen molar-refractivity contribution in [1.29, 1.82) is 0 Å². The van der Waals surface area contributed by atoms with Crippen molar-refractivity contribution in [3.8, 4) is 0 Å². The first-order valence-corrected chi connectivity index (χ1v) is 3.05. The van der Waals surface area contributed by atoms with Crippen molar-refractivity contribution in [2.45, 2.75) is 6.54 Å². The van der Waals surface area contributed by atoms with Gasteiger partial charge in [-0.3, -0.25) is 0 Å². The summed E-state index contributed by atoms with van der Waals surface area (Å²) in [5.41, 5.74) is 0. The van der Waals surface area contributed by atoms with Gasteiger partial charge >= 0.3 is 0 Å². The maximum atomic E-state index is 4.75. The number of rotatable bonds is 2. The second-order valence-electron chi connectivity index (χ2n) is 1.50. The summed E-state index contributed by atoms with van der Waals surface area (Å²) in [6, 6.07) is 0. The van der Waals surface area contributed by atoms with Gasteiger partial charge in [0, 0.05) is 24.7 Å². The van der Waals surface area contributed by atoms with E-state index >= 15 is 0 Å². The van der Waals surface area contributed by atoms with Gasteiger partial charge in [-0.05, 0) is 0 Å². The number of aromatic nitrogens is 2. The van der Waals surface area contributed by atoms with Crippen molar-refractivity contribution < 1.29 is 0 Å². The van der Waals surface area contributed by atoms with Crippen LogP contribution < -0.4 is 0 Å². The van der Waals surface area contributed by atoms with Gasteiger partial charge in [0.25, 0.3) is 0 Å². The molecule has 43 valence electrons. The third-order valence-electron chi connectivity index (χ3n) is 0.909. The summed E-state index contributed by atoms with van der Waals surface area (Å²) in [7, 11) is 0. The van der Waals surface area contributed by atoms with Crippen LogP contribution in [0.15, 0.2) is 18.7 Å². The van der Waals surface area contributed by atoms with Crippen molar-refractivity contribution in [2.24, 2.45) is 0 Å². The lowest BCUT2D eigenvalue weighted by atomic mass is 10.7. The Morgan fingerprint density at radius 2 is 2.50 bits per heavy atom. The van der Waals surface area contributed by atoms with E-state index < -0.39 is 0 Å². The Morgan fingerprint density at radius 1 is 1.62 bits per heavy atom. The van der Waals surface area contributed by atoms with Gasteiger partial charge in [0.2, 0.25) is 0 Å². The SMILES string of the molecule is [S]CCn1ccnc1. The Kier molecular flexibility index (Phi) is 1.97. The number of aryl methyl sites for hydroxylation is 1. The molecule has 0 N–H and O–H groups in total. The van der Waals surface area contributed by atoms with Gasteiger partial charge in [0.1, 0.15) is 0 Å². The van der Waals surface area contributed by atoms with Gasteiger partial charge < -0.3 is 4.57 Å². The smallest absolute Gasteiger partial charge is 0.0946 e. The van der Waals surface area contributed by atoms with Crippen LogP contribution >= 0.6 is 12.6 Å². The molecule has 1 radical (unpaired) electrons. The Bertz CT molecular complexity index is 136. The van der Waals surface area contributed by atoms with Crippen LogP contribution in [0.3, 0.4) is 0 Å². The van der Waals surface area contributed by atoms with E-state index in [1.165, 1.54) is 0 Å². The molecule has 0 aliphatic rings. The van der Waals surface area contributed by atoms with Gasteiger partial charge in [-0.2, -0.15) is 0 Å². The Morgan fingerprint density at radius 3 is 3.00 bits per heavy atom. The topological polar surface area (TPSA) is 17.8 Å². The second-order valence-corrected chi connectivity index (χ2v) is 1.91. The van der Waals surface area contributed by atoms with E-state index in [2.05, 4.69) is 4.98 Å². The average Bonchev–Trinajstić information content (AvgIpc) is 2.19. The molecule has 8 heavy (non-hydrogen) atoms. The molecule has 0 aliphatic carbocycles. The highest BCUT2D eigenvalue weighted by molar-refractivity contribution is 7.80. The summed E-state index contributed by atoms with van der Waals surface area (Å²) < 4.78 is 1.97. The molecule has 0 amide bonds. The summed E-state index contributed by atoms with van der Waals surface area (Å²) in [4.78, 5) is 3.86. The van der Waals surface area contributed by atoms with E-state index in [0.717, 1.165) is 12.3 Å². The van der Waals surface area contributed by atoms with Crippen LogP contribution in [-0.4, -0.2) is 15.3 Å². The molecule has 1 heterocycles. The van der Waals surface area contributed by atoms with Crippen LogP contribution in [0.4, 0.5) is 0 Å². The molecule has 0 aromatic carbocycles. The van der Waals surface area contributed by atoms with E-state index in [4.69, 9.17) is 12.6 Å². The molecular weight excluding hydrogens is 120 g/mol. The Balaban J connectivity index is 2.50. The first kappa shape index (κ1) is 5.69. The molecule has 0 aliphatic heterocycles. The van der Waals surface area contributed by atoms with Crippen molar-refractivity contribution in [2.75, 3.05) is 5.75 Å². The highest BCUT2D eigenvalue weighted by Gasteiger charge is 1.82. The van der Waals surface area contributed by atoms with Gasteiger partial charge in [-0.25, -0.2) is 4.98 Å². The maximum absolute atomic E-state index is 4.75. The molecule has 0 saturated carbocycles. The third kappa shape index (κ3) is 1.26. The lowest BCUT2D eigenvalue weighted by Gasteiger charge is -1.92. The van der Waals surface area contributed by atoms with Crippen LogP contribution in [0.25, 0.3) is 0 Å². The van der Waals surface area contributed by atoms with E-state index in [0.29, 0.717) is 0 Å². The zero-order valence-electron chi connectivity index (χ0n) is 4.45. The predicted octanol–water partition coefficient (Wildman–Crippen LogP) is 1.08. The van der Waals surface area contributed by atoms with Crippen LogP contribution in [0, 0.1) is 0 Å². The number of hydrogen-bond donors (Lipinski definition) is 0. The molecule has 0 fully saturated rings. The monoisotopic (exact) mass is 127 g/mol. The molecule has 0 atom stereocenters. The highest BCUT2D eigenvalue weighted by Crippen LogP contribution is 1.85. The fourth-order valence-corrected chi connectivity index (χ4v) is 0.735. The summed E-state index contributed by atoms with van der Waals surface area (Å²) in [6.07, 6.45) is 5.43. The lowest BCUT2D eigenvalue weighted by molar-refractivity contribution is 0.772. The van der Waals surface area contributed by atoms with Crippen LogP contribution in [0.5, 0.6) is 0 Å². The molecule has 0 bridgehead atoms. The van der Waals surface area contributed by atoms with Gasteiger partial charge in [-0.15, -0.1) is 0 Å². The minimum atomic E-state index is 0.760. The average molecular weight is 127 g/mol. The van der Waals surface area contributed by atoms with Crippen LogP contribution in [0.1, 0.15) is 0 Å². The predicted molar refractivity (Wildman–Crippen MR) is 34.7 cm³/mol. The zero-order valence-corrected chi connectivity index (χ0v) is 5.27. The molecule has 2 nitrogen and oxygen atoms in total. The fourth-order valence-electron chi connectivity index (χ4n) is 0.524. The van der Waals surface area contributed by atoms with E-state index in [1.807, 2.05) is 10.8 Å². The first-order valence-electron chi connectivity index (χ1n) is 2.47. The third-order valence-corrected chi connectivity index (χ3v) is 1.09. The van der Waals surface area contributed by atoms with Crippen LogP contribution in [0.2, 0.25) is 0 Å². The first-order chi connectivity index (χ1) is 3.93. The van der Waals surface area contributed by atoms with Crippen molar-refractivity contribution in [3.05, 3.63) is 18.7 Å². The van der Waals surface area contributed by atoms with Crippen molar-refractivity contribution >= 4 is 12.6 Å². The maximum Gasteiger partial charge on any atom is 0.0946 e. The highest BCUT2D eigenvalue weighted by atomic mass is 32.1. The molecule has 0 saturated heterocycles. The number of nitrogens with zero attached hydrogens (tertiary/aromatic N) is 2. The molecular formula is C5H7N2S. The van der Waals surface area contributed by atoms with Crippen molar-refractivity contribution in [3.63, 3.8) is 0 Å².